The van der Waals surface area contributed by atoms with Gasteiger partial charge in [-0.1, -0.05) is 51.1 Å². The number of nitrogens with two attached hydrogens (primary N) is 1. The Hall–Kier alpha value is -1.88. The molecule has 0 saturated carbocycles. The highest BCUT2D eigenvalue weighted by atomic mass is 16.6. The molecule has 1 amide bonds. The van der Waals surface area contributed by atoms with Crippen molar-refractivity contribution in [2.45, 2.75) is 46.0 Å². The Morgan fingerprint density at radius 1 is 1.29 bits per heavy atom. The number of amides is 1. The van der Waals surface area contributed by atoms with Gasteiger partial charge >= 0.3 is 6.09 Å². The van der Waals surface area contributed by atoms with Crippen molar-refractivity contribution in [1.82, 2.24) is 0 Å². The van der Waals surface area contributed by atoms with Gasteiger partial charge in [0.2, 0.25) is 0 Å². The normalized spacial score (nSPS) is 14.2. The maximum absolute atomic E-state index is 11.0. The molecule has 1 aromatic carbocycles. The molecule has 116 valence electrons. The minimum Gasteiger partial charge on any atom is -0.439 e. The predicted octanol–water partition coefficient (Wildman–Crippen LogP) is 2.67. The Bertz CT molecular complexity index is 453. The van der Waals surface area contributed by atoms with Crippen LogP contribution < -0.4 is 5.73 Å². The zero-order valence-corrected chi connectivity index (χ0v) is 12.7. The van der Waals surface area contributed by atoms with Crippen molar-refractivity contribution in [2.75, 3.05) is 0 Å². The van der Waals surface area contributed by atoms with Gasteiger partial charge in [-0.05, 0) is 11.0 Å². The van der Waals surface area contributed by atoms with Crippen LogP contribution in [0.4, 0.5) is 4.79 Å². The van der Waals surface area contributed by atoms with E-state index >= 15 is 0 Å². The maximum Gasteiger partial charge on any atom is 0.405 e. The molecule has 0 saturated heterocycles. The van der Waals surface area contributed by atoms with Gasteiger partial charge in [-0.15, -0.1) is 0 Å². The molecule has 5 nitrogen and oxygen atoms in total. The summed E-state index contributed by atoms with van der Waals surface area (Å²) in [6, 6.07) is 9.76. The Morgan fingerprint density at radius 3 is 2.38 bits per heavy atom. The number of aldehydes is 1. The van der Waals surface area contributed by atoms with E-state index in [-0.39, 0.29) is 17.9 Å². The van der Waals surface area contributed by atoms with Crippen LogP contribution in [0.1, 0.15) is 32.8 Å². The third-order valence-corrected chi connectivity index (χ3v) is 3.13. The summed E-state index contributed by atoms with van der Waals surface area (Å²) in [5.41, 5.74) is 5.81. The average molecular weight is 293 g/mol. The van der Waals surface area contributed by atoms with Crippen LogP contribution in [0.15, 0.2) is 30.3 Å². The maximum atomic E-state index is 11.0. The summed E-state index contributed by atoms with van der Waals surface area (Å²) in [5.74, 6) is 0. The topological polar surface area (TPSA) is 78.6 Å². The minimum absolute atomic E-state index is 0.197. The summed E-state index contributed by atoms with van der Waals surface area (Å²) in [4.78, 5) is 21.8. The molecular formula is C16H23NO4. The molecule has 0 heterocycles. The van der Waals surface area contributed by atoms with Crippen LogP contribution in [-0.2, 0) is 20.9 Å². The van der Waals surface area contributed by atoms with E-state index < -0.39 is 12.2 Å². The van der Waals surface area contributed by atoms with Crippen molar-refractivity contribution in [3.8, 4) is 0 Å². The molecule has 21 heavy (non-hydrogen) atoms. The lowest BCUT2D eigenvalue weighted by atomic mass is 9.85. The molecule has 2 atom stereocenters. The monoisotopic (exact) mass is 293 g/mol. The molecular weight excluding hydrogens is 270 g/mol. The Morgan fingerprint density at radius 2 is 1.90 bits per heavy atom. The number of rotatable bonds is 7. The molecule has 1 rings (SSSR count). The first kappa shape index (κ1) is 17.2. The van der Waals surface area contributed by atoms with Crippen LogP contribution >= 0.6 is 0 Å². The van der Waals surface area contributed by atoms with Gasteiger partial charge in [0.25, 0.3) is 0 Å². The number of primary amides is 1. The molecule has 0 aliphatic carbocycles. The quantitative estimate of drug-likeness (QED) is 0.784. The van der Waals surface area contributed by atoms with Crippen LogP contribution in [-0.4, -0.2) is 24.6 Å². The first-order valence-electron chi connectivity index (χ1n) is 6.90. The van der Waals surface area contributed by atoms with Crippen molar-refractivity contribution < 1.29 is 19.1 Å². The summed E-state index contributed by atoms with van der Waals surface area (Å²) in [7, 11) is 0. The molecule has 2 N–H and O–H groups in total. The second kappa shape index (κ2) is 7.78. The Balaban J connectivity index is 2.67. The number of carbonyl (C=O) groups is 2. The van der Waals surface area contributed by atoms with Crippen molar-refractivity contribution in [3.63, 3.8) is 0 Å². The van der Waals surface area contributed by atoms with E-state index in [0.29, 0.717) is 12.9 Å². The van der Waals surface area contributed by atoms with Gasteiger partial charge in [-0.3, -0.25) is 4.79 Å². The van der Waals surface area contributed by atoms with E-state index in [2.05, 4.69) is 0 Å². The summed E-state index contributed by atoms with van der Waals surface area (Å²) < 4.78 is 10.7. The van der Waals surface area contributed by atoms with Crippen molar-refractivity contribution in [3.05, 3.63) is 35.9 Å². The Kier molecular flexibility index (Phi) is 6.37. The molecule has 2 unspecified atom stereocenters. The lowest BCUT2D eigenvalue weighted by Gasteiger charge is -2.32. The van der Waals surface area contributed by atoms with Gasteiger partial charge in [-0.25, -0.2) is 4.79 Å². The number of hydrogen-bond donors (Lipinski definition) is 1. The number of hydrogen-bond acceptors (Lipinski definition) is 4. The van der Waals surface area contributed by atoms with E-state index in [1.807, 2.05) is 51.1 Å². The van der Waals surface area contributed by atoms with Crippen LogP contribution in [0.3, 0.4) is 0 Å². The van der Waals surface area contributed by atoms with Gasteiger partial charge in [0.05, 0.1) is 12.7 Å². The third-order valence-electron chi connectivity index (χ3n) is 3.13. The smallest absolute Gasteiger partial charge is 0.405 e. The molecule has 0 spiro atoms. The molecule has 1 aromatic rings. The molecule has 0 radical (unpaired) electrons. The standard InChI is InChI=1S/C16H23NO4/c1-16(2,3)14(9-13(10-18)21-15(17)19)20-11-12-7-5-4-6-8-12/h4-8,10,13-14H,9,11H2,1-3H3,(H2,17,19). The molecule has 0 aromatic heterocycles. The first-order chi connectivity index (χ1) is 9.82. The molecule has 0 aliphatic rings. The van der Waals surface area contributed by atoms with Crippen molar-refractivity contribution in [2.24, 2.45) is 11.1 Å². The fourth-order valence-corrected chi connectivity index (χ4v) is 1.93. The van der Waals surface area contributed by atoms with Gasteiger partial charge in [0.15, 0.2) is 12.4 Å². The van der Waals surface area contributed by atoms with E-state index in [9.17, 15) is 9.59 Å². The average Bonchev–Trinajstić information content (AvgIpc) is 2.41. The van der Waals surface area contributed by atoms with Crippen molar-refractivity contribution >= 4 is 12.4 Å². The van der Waals surface area contributed by atoms with E-state index in [1.54, 1.807) is 0 Å². The lowest BCUT2D eigenvalue weighted by Crippen LogP contribution is -2.36. The van der Waals surface area contributed by atoms with Crippen molar-refractivity contribution in [1.29, 1.82) is 0 Å². The van der Waals surface area contributed by atoms with Gasteiger partial charge in [0.1, 0.15) is 0 Å². The van der Waals surface area contributed by atoms with Gasteiger partial charge in [-0.2, -0.15) is 0 Å². The lowest BCUT2D eigenvalue weighted by molar-refractivity contribution is -0.119. The van der Waals surface area contributed by atoms with Gasteiger partial charge < -0.3 is 15.2 Å². The number of ether oxygens (including phenoxy) is 2. The molecule has 0 fully saturated rings. The third kappa shape index (κ3) is 6.40. The predicted molar refractivity (Wildman–Crippen MR) is 79.6 cm³/mol. The SMILES string of the molecule is CC(C)(C)C(CC(C=O)OC(N)=O)OCc1ccccc1. The fraction of sp³-hybridized carbons (Fsp3) is 0.500. The van der Waals surface area contributed by atoms with Crippen LogP contribution in [0, 0.1) is 5.41 Å². The zero-order valence-electron chi connectivity index (χ0n) is 12.7. The first-order valence-corrected chi connectivity index (χ1v) is 6.90. The highest BCUT2D eigenvalue weighted by Crippen LogP contribution is 2.27. The fourth-order valence-electron chi connectivity index (χ4n) is 1.93. The van der Waals surface area contributed by atoms with E-state index in [4.69, 9.17) is 15.2 Å². The highest BCUT2D eigenvalue weighted by Gasteiger charge is 2.29. The van der Waals surface area contributed by atoms with Gasteiger partial charge in [0, 0.05) is 6.42 Å². The Labute approximate surface area is 125 Å². The summed E-state index contributed by atoms with van der Waals surface area (Å²) in [6.45, 7) is 6.46. The van der Waals surface area contributed by atoms with Crippen LogP contribution in [0.25, 0.3) is 0 Å². The summed E-state index contributed by atoms with van der Waals surface area (Å²) >= 11 is 0. The largest absolute Gasteiger partial charge is 0.439 e. The van der Waals surface area contributed by atoms with Crippen LogP contribution in [0.2, 0.25) is 0 Å². The van der Waals surface area contributed by atoms with Crippen LogP contribution in [0.5, 0.6) is 0 Å². The summed E-state index contributed by atoms with van der Waals surface area (Å²) in [5, 5.41) is 0. The molecule has 0 bridgehead atoms. The summed E-state index contributed by atoms with van der Waals surface area (Å²) in [6.07, 6.45) is -1.23. The minimum atomic E-state index is -0.956. The number of benzene rings is 1. The zero-order chi connectivity index (χ0) is 15.9. The van der Waals surface area contributed by atoms with E-state index in [0.717, 1.165) is 5.56 Å². The second-order valence-electron chi connectivity index (χ2n) is 6.00. The molecule has 0 aliphatic heterocycles. The second-order valence-corrected chi connectivity index (χ2v) is 6.00. The van der Waals surface area contributed by atoms with E-state index in [1.165, 1.54) is 0 Å². The molecule has 5 heteroatoms. The number of carbonyl (C=O) groups excluding carboxylic acids is 2. The highest BCUT2D eigenvalue weighted by molar-refractivity contribution is 5.69.